The van der Waals surface area contributed by atoms with Crippen LogP contribution in [0, 0.1) is 0 Å². The summed E-state index contributed by atoms with van der Waals surface area (Å²) in [7, 11) is 1.78. The lowest BCUT2D eigenvalue weighted by molar-refractivity contribution is 0.254. The second-order valence-electron chi connectivity index (χ2n) is 7.96. The Morgan fingerprint density at radius 3 is 2.76 bits per heavy atom. The van der Waals surface area contributed by atoms with E-state index in [1.165, 1.54) is 29.3 Å². The van der Waals surface area contributed by atoms with Crippen molar-refractivity contribution in [2.75, 3.05) is 30.9 Å². The number of hydrogen-bond donors (Lipinski definition) is 0. The highest BCUT2D eigenvalue weighted by atomic mass is 32.2. The first-order chi connectivity index (χ1) is 14.3. The lowest BCUT2D eigenvalue weighted by Gasteiger charge is -2.32. The molecule has 0 unspecified atom stereocenters. The Labute approximate surface area is 177 Å². The third kappa shape index (κ3) is 3.27. The smallest absolute Gasteiger partial charge is 0.160 e. The minimum absolute atomic E-state index is 0.0235. The van der Waals surface area contributed by atoms with Crippen LogP contribution in [-0.2, 0) is 0 Å². The average Bonchev–Trinajstić information content (AvgIpc) is 3.50. The third-order valence-electron chi connectivity index (χ3n) is 6.32. The fourth-order valence-corrected chi connectivity index (χ4v) is 6.14. The number of pyridine rings is 1. The number of aliphatic imine (C=N–C) groups is 1. The van der Waals surface area contributed by atoms with Crippen LogP contribution in [0.2, 0.25) is 0 Å². The summed E-state index contributed by atoms with van der Waals surface area (Å²) in [6.45, 7) is 4.50. The van der Waals surface area contributed by atoms with Gasteiger partial charge in [-0.2, -0.15) is 0 Å². The molecule has 4 heterocycles. The molecule has 29 heavy (non-hydrogen) atoms. The number of nitrogens with zero attached hydrogens (tertiary/aromatic N) is 4. The number of rotatable bonds is 5. The van der Waals surface area contributed by atoms with Crippen LogP contribution in [0.1, 0.15) is 49.5 Å². The van der Waals surface area contributed by atoms with Gasteiger partial charge in [-0.15, -0.1) is 0 Å². The molecular weight excluding hydrogens is 380 g/mol. The van der Waals surface area contributed by atoms with E-state index >= 15 is 0 Å². The molecular formula is C23H28N4OS. The van der Waals surface area contributed by atoms with Gasteiger partial charge in [-0.1, -0.05) is 30.8 Å². The molecule has 0 amide bonds. The van der Waals surface area contributed by atoms with E-state index in [0.29, 0.717) is 6.04 Å². The maximum atomic E-state index is 5.85. The van der Waals surface area contributed by atoms with Gasteiger partial charge in [0.25, 0.3) is 0 Å². The molecule has 0 spiro atoms. The summed E-state index contributed by atoms with van der Waals surface area (Å²) >= 11 is 1.88. The highest BCUT2D eigenvalue weighted by molar-refractivity contribution is 8.14. The third-order valence-corrected chi connectivity index (χ3v) is 7.45. The molecule has 2 aromatic rings. The summed E-state index contributed by atoms with van der Waals surface area (Å²) < 4.78 is 5.85. The number of benzene rings is 1. The Bertz CT molecular complexity index is 897. The van der Waals surface area contributed by atoms with E-state index in [2.05, 4.69) is 52.0 Å². The Morgan fingerprint density at radius 1 is 1.17 bits per heavy atom. The fraction of sp³-hybridized carbons (Fsp3) is 0.478. The van der Waals surface area contributed by atoms with Crippen molar-refractivity contribution in [2.45, 2.75) is 44.3 Å². The zero-order valence-corrected chi connectivity index (χ0v) is 17.9. The molecule has 2 fully saturated rings. The van der Waals surface area contributed by atoms with Gasteiger partial charge in [0.2, 0.25) is 0 Å². The molecule has 6 heteroatoms. The number of aromatic nitrogens is 1. The van der Waals surface area contributed by atoms with E-state index in [0.717, 1.165) is 36.7 Å². The summed E-state index contributed by atoms with van der Waals surface area (Å²) in [4.78, 5) is 14.8. The number of thioether (sulfide) groups is 1. The van der Waals surface area contributed by atoms with Crippen LogP contribution in [0.4, 0.5) is 5.69 Å². The normalized spacial score (nSPS) is 26.0. The zero-order chi connectivity index (χ0) is 19.8. The molecule has 152 valence electrons. The second-order valence-corrected chi connectivity index (χ2v) is 8.95. The molecule has 1 aromatic heterocycles. The molecule has 5 nitrogen and oxygen atoms in total. The molecule has 3 aliphatic rings. The van der Waals surface area contributed by atoms with Gasteiger partial charge in [-0.05, 0) is 49.1 Å². The lowest BCUT2D eigenvalue weighted by Crippen LogP contribution is -2.35. The largest absolute Gasteiger partial charge is 0.495 e. The van der Waals surface area contributed by atoms with Crippen molar-refractivity contribution in [1.29, 1.82) is 0 Å². The summed E-state index contributed by atoms with van der Waals surface area (Å²) in [6, 6.07) is 13.6. The quantitative estimate of drug-likeness (QED) is 0.719. The molecule has 1 aromatic carbocycles. The number of anilines is 1. The standard InChI is InChI=1S/C23H28N4OS/c1-3-17-15-29-23-25-21(18-8-4-5-11-24-18)22(27(17)23)16-9-10-19(20(14-16)28-2)26-12-6-7-13-26/h4-5,8-11,14,17,21-22H,3,6-7,12-13,15H2,1-2H3/t17-,21+,22+/m0/s1. The molecule has 0 aliphatic carbocycles. The van der Waals surface area contributed by atoms with Crippen molar-refractivity contribution in [3.8, 4) is 5.75 Å². The van der Waals surface area contributed by atoms with E-state index in [4.69, 9.17) is 9.73 Å². The van der Waals surface area contributed by atoms with Crippen molar-refractivity contribution in [1.82, 2.24) is 9.88 Å². The van der Waals surface area contributed by atoms with Crippen LogP contribution >= 0.6 is 11.8 Å². The highest BCUT2D eigenvalue weighted by Gasteiger charge is 2.45. The first-order valence-electron chi connectivity index (χ1n) is 10.6. The molecule has 2 saturated heterocycles. The molecule has 0 bridgehead atoms. The van der Waals surface area contributed by atoms with E-state index in [1.54, 1.807) is 7.11 Å². The first-order valence-corrected chi connectivity index (χ1v) is 11.6. The molecule has 5 rings (SSSR count). The van der Waals surface area contributed by atoms with Gasteiger partial charge >= 0.3 is 0 Å². The van der Waals surface area contributed by atoms with Gasteiger partial charge in [0, 0.05) is 31.1 Å². The number of fused-ring (bicyclic) bond motifs is 1. The topological polar surface area (TPSA) is 41.0 Å². The Hall–Kier alpha value is -2.21. The average molecular weight is 409 g/mol. The van der Waals surface area contributed by atoms with Crippen molar-refractivity contribution >= 4 is 22.6 Å². The van der Waals surface area contributed by atoms with Crippen molar-refractivity contribution in [3.05, 3.63) is 53.9 Å². The molecule has 0 saturated carbocycles. The van der Waals surface area contributed by atoms with Crippen LogP contribution in [0.15, 0.2) is 47.6 Å². The SMILES string of the molecule is CC[C@H]1CSC2=N[C@H](c3ccccn3)[C@@H](c3ccc(N4CCCC4)c(OC)c3)N21. The van der Waals surface area contributed by atoms with E-state index in [1.807, 2.05) is 24.0 Å². The fourth-order valence-electron chi connectivity index (χ4n) is 4.81. The van der Waals surface area contributed by atoms with Crippen LogP contribution in [0.5, 0.6) is 5.75 Å². The summed E-state index contributed by atoms with van der Waals surface area (Å²) in [5, 5.41) is 1.17. The van der Waals surface area contributed by atoms with Crippen LogP contribution in [-0.4, -0.2) is 47.0 Å². The molecule has 3 aliphatic heterocycles. The minimum atomic E-state index is 0.0235. The van der Waals surface area contributed by atoms with Crippen LogP contribution in [0.25, 0.3) is 0 Å². The molecule has 0 N–H and O–H groups in total. The Kier molecular flexibility index (Phi) is 5.12. The van der Waals surface area contributed by atoms with Crippen LogP contribution in [0.3, 0.4) is 0 Å². The van der Waals surface area contributed by atoms with E-state index < -0.39 is 0 Å². The van der Waals surface area contributed by atoms with Crippen molar-refractivity contribution in [2.24, 2.45) is 4.99 Å². The minimum Gasteiger partial charge on any atom is -0.495 e. The first kappa shape index (κ1) is 18.8. The van der Waals surface area contributed by atoms with Gasteiger partial charge < -0.3 is 14.5 Å². The monoisotopic (exact) mass is 408 g/mol. The van der Waals surface area contributed by atoms with Crippen LogP contribution < -0.4 is 9.64 Å². The van der Waals surface area contributed by atoms with Gasteiger partial charge in [-0.25, -0.2) is 0 Å². The van der Waals surface area contributed by atoms with Crippen molar-refractivity contribution < 1.29 is 4.74 Å². The summed E-state index contributed by atoms with van der Waals surface area (Å²) in [5.41, 5.74) is 3.52. The number of hydrogen-bond acceptors (Lipinski definition) is 6. The van der Waals surface area contributed by atoms with Gasteiger partial charge in [0.05, 0.1) is 24.5 Å². The van der Waals surface area contributed by atoms with Gasteiger partial charge in [0.1, 0.15) is 11.8 Å². The second kappa shape index (κ2) is 7.90. The molecule has 3 atom stereocenters. The summed E-state index contributed by atoms with van der Waals surface area (Å²) in [6.07, 6.45) is 5.52. The maximum Gasteiger partial charge on any atom is 0.160 e. The predicted molar refractivity (Wildman–Crippen MR) is 120 cm³/mol. The Balaban J connectivity index is 1.56. The number of ether oxygens (including phenoxy) is 1. The van der Waals surface area contributed by atoms with E-state index in [-0.39, 0.29) is 12.1 Å². The predicted octanol–water partition coefficient (Wildman–Crippen LogP) is 4.67. The number of amidine groups is 1. The number of methoxy groups -OCH3 is 1. The summed E-state index contributed by atoms with van der Waals surface area (Å²) in [5.74, 6) is 2.08. The lowest BCUT2D eigenvalue weighted by atomic mass is 9.94. The highest BCUT2D eigenvalue weighted by Crippen LogP contribution is 2.49. The van der Waals surface area contributed by atoms with Crippen molar-refractivity contribution in [3.63, 3.8) is 0 Å². The zero-order valence-electron chi connectivity index (χ0n) is 17.1. The Morgan fingerprint density at radius 2 is 2.03 bits per heavy atom. The molecule has 0 radical (unpaired) electrons. The van der Waals surface area contributed by atoms with Gasteiger partial charge in [0.15, 0.2) is 5.17 Å². The van der Waals surface area contributed by atoms with E-state index in [9.17, 15) is 0 Å². The van der Waals surface area contributed by atoms with Gasteiger partial charge in [-0.3, -0.25) is 9.98 Å². The maximum absolute atomic E-state index is 5.85.